The molecule has 2 aliphatic rings. The SMILES string of the molecule is COCCCNC(=O)c1ccccc1N1C(=O)[C@@H]2Cc3c([nH]c4ccccc34)[C@@H](c3cccc(Cl)c3)N2C1=O. The molecule has 6 rings (SSSR count). The summed E-state index contributed by atoms with van der Waals surface area (Å²) < 4.78 is 5.05. The molecule has 8 nitrogen and oxygen atoms in total. The zero-order valence-corrected chi connectivity index (χ0v) is 22.1. The number of carbonyl (C=O) groups is 3. The fraction of sp³-hybridized carbons (Fsp3) is 0.233. The molecular formula is C30H27ClN4O4. The van der Waals surface area contributed by atoms with Crippen molar-refractivity contribution in [1.82, 2.24) is 15.2 Å². The summed E-state index contributed by atoms with van der Waals surface area (Å²) in [5.74, 6) is -0.711. The van der Waals surface area contributed by atoms with Crippen LogP contribution in [0, 0.1) is 0 Å². The topological polar surface area (TPSA) is 94.7 Å². The van der Waals surface area contributed by atoms with Gasteiger partial charge in [-0.3, -0.25) is 14.5 Å². The predicted molar refractivity (Wildman–Crippen MR) is 149 cm³/mol. The number of anilines is 1. The second kappa shape index (κ2) is 10.2. The van der Waals surface area contributed by atoms with Crippen molar-refractivity contribution < 1.29 is 19.1 Å². The minimum atomic E-state index is -0.731. The number of ether oxygens (including phenoxy) is 1. The van der Waals surface area contributed by atoms with Crippen molar-refractivity contribution in [2.24, 2.45) is 0 Å². The van der Waals surface area contributed by atoms with Crippen LogP contribution in [0.3, 0.4) is 0 Å². The molecule has 2 atom stereocenters. The molecule has 1 fully saturated rings. The third-order valence-electron chi connectivity index (χ3n) is 7.41. The number of rotatable bonds is 7. The molecule has 3 aromatic carbocycles. The van der Waals surface area contributed by atoms with Gasteiger partial charge in [-0.1, -0.05) is 54.1 Å². The minimum absolute atomic E-state index is 0.264. The Bertz CT molecular complexity index is 1600. The van der Waals surface area contributed by atoms with E-state index in [2.05, 4.69) is 10.3 Å². The number of nitrogens with one attached hydrogen (secondary N) is 2. The maximum Gasteiger partial charge on any atom is 0.332 e. The molecule has 2 aliphatic heterocycles. The molecule has 198 valence electrons. The molecule has 1 saturated heterocycles. The third-order valence-corrected chi connectivity index (χ3v) is 7.65. The molecule has 0 unspecified atom stereocenters. The highest BCUT2D eigenvalue weighted by molar-refractivity contribution is 6.30. The number of aromatic amines is 1. The van der Waals surface area contributed by atoms with E-state index in [-0.39, 0.29) is 23.1 Å². The van der Waals surface area contributed by atoms with E-state index in [4.69, 9.17) is 16.3 Å². The normalized spacial score (nSPS) is 18.4. The van der Waals surface area contributed by atoms with Gasteiger partial charge in [-0.15, -0.1) is 0 Å². The van der Waals surface area contributed by atoms with Crippen LogP contribution in [0.1, 0.15) is 39.6 Å². The molecule has 0 spiro atoms. The summed E-state index contributed by atoms with van der Waals surface area (Å²) in [6.45, 7) is 0.928. The van der Waals surface area contributed by atoms with Crippen molar-refractivity contribution in [3.8, 4) is 0 Å². The van der Waals surface area contributed by atoms with Crippen molar-refractivity contribution in [2.45, 2.75) is 24.9 Å². The molecule has 4 aromatic rings. The lowest BCUT2D eigenvalue weighted by atomic mass is 9.89. The van der Waals surface area contributed by atoms with Gasteiger partial charge in [0, 0.05) is 48.3 Å². The van der Waals surface area contributed by atoms with Gasteiger partial charge in [-0.2, -0.15) is 0 Å². The zero-order chi connectivity index (χ0) is 27.1. The Morgan fingerprint density at radius 3 is 2.69 bits per heavy atom. The summed E-state index contributed by atoms with van der Waals surface area (Å²) in [5, 5.41) is 4.42. The predicted octanol–water partition coefficient (Wildman–Crippen LogP) is 5.07. The van der Waals surface area contributed by atoms with Crippen molar-refractivity contribution in [3.63, 3.8) is 0 Å². The number of hydrogen-bond donors (Lipinski definition) is 2. The largest absolute Gasteiger partial charge is 0.385 e. The van der Waals surface area contributed by atoms with E-state index in [1.165, 1.54) is 0 Å². The summed E-state index contributed by atoms with van der Waals surface area (Å²) in [5.41, 5.74) is 4.14. The number of methoxy groups -OCH3 is 1. The van der Waals surface area contributed by atoms with E-state index in [1.807, 2.05) is 42.5 Å². The van der Waals surface area contributed by atoms with Crippen molar-refractivity contribution >= 4 is 46.0 Å². The van der Waals surface area contributed by atoms with E-state index in [0.29, 0.717) is 31.0 Å². The Hall–Kier alpha value is -4.14. The lowest BCUT2D eigenvalue weighted by Crippen LogP contribution is -2.44. The minimum Gasteiger partial charge on any atom is -0.385 e. The number of hydrogen-bond acceptors (Lipinski definition) is 4. The second-order valence-corrected chi connectivity index (χ2v) is 10.2. The van der Waals surface area contributed by atoms with Crippen LogP contribution in [0.5, 0.6) is 0 Å². The number of imide groups is 1. The first-order chi connectivity index (χ1) is 19.0. The van der Waals surface area contributed by atoms with Crippen LogP contribution < -0.4 is 10.2 Å². The number of H-pyrrole nitrogens is 1. The first-order valence-corrected chi connectivity index (χ1v) is 13.2. The number of urea groups is 1. The third kappa shape index (κ3) is 4.26. The number of carbonyl (C=O) groups excluding carboxylic acids is 3. The molecule has 9 heteroatoms. The standard InChI is InChI=1S/C30H27ClN4O4/c1-39-15-7-14-32-28(36)21-11-3-5-13-24(21)35-29(37)25-17-22-20-10-2-4-12-23(20)33-26(22)27(34(25)30(35)38)18-8-6-9-19(31)16-18/h2-6,8-13,16,25,27,33H,7,14-15,17H2,1H3,(H,32,36)/t25-,27+/m0/s1. The molecule has 4 amide bonds. The number of benzene rings is 3. The monoisotopic (exact) mass is 542 g/mol. The van der Waals surface area contributed by atoms with Gasteiger partial charge in [0.05, 0.1) is 11.3 Å². The quantitative estimate of drug-likeness (QED) is 0.252. The summed E-state index contributed by atoms with van der Waals surface area (Å²) >= 11 is 6.38. The van der Waals surface area contributed by atoms with Gasteiger partial charge in [0.2, 0.25) is 0 Å². The van der Waals surface area contributed by atoms with Crippen LogP contribution in [0.15, 0.2) is 72.8 Å². The molecule has 0 radical (unpaired) electrons. The van der Waals surface area contributed by atoms with Gasteiger partial charge >= 0.3 is 6.03 Å². The maximum absolute atomic E-state index is 14.2. The molecular weight excluding hydrogens is 516 g/mol. The van der Waals surface area contributed by atoms with Crippen molar-refractivity contribution in [2.75, 3.05) is 25.2 Å². The first kappa shape index (κ1) is 25.2. The number of para-hydroxylation sites is 2. The van der Waals surface area contributed by atoms with Crippen LogP contribution in [0.25, 0.3) is 10.9 Å². The van der Waals surface area contributed by atoms with Gasteiger partial charge < -0.3 is 15.0 Å². The highest BCUT2D eigenvalue weighted by atomic mass is 35.5. The van der Waals surface area contributed by atoms with Crippen molar-refractivity contribution in [1.29, 1.82) is 0 Å². The number of amides is 4. The fourth-order valence-corrected chi connectivity index (χ4v) is 5.89. The number of fused-ring (bicyclic) bond motifs is 4. The van der Waals surface area contributed by atoms with E-state index >= 15 is 0 Å². The van der Waals surface area contributed by atoms with Gasteiger partial charge in [-0.05, 0) is 47.9 Å². The van der Waals surface area contributed by atoms with Crippen LogP contribution >= 0.6 is 11.6 Å². The molecule has 3 heterocycles. The number of nitrogens with zero attached hydrogens (tertiary/aromatic N) is 2. The van der Waals surface area contributed by atoms with Gasteiger partial charge in [0.1, 0.15) is 12.1 Å². The van der Waals surface area contributed by atoms with Gasteiger partial charge in [0.15, 0.2) is 0 Å². The highest BCUT2D eigenvalue weighted by Gasteiger charge is 2.53. The lowest BCUT2D eigenvalue weighted by molar-refractivity contribution is -0.120. The number of aromatic nitrogens is 1. The summed E-state index contributed by atoms with van der Waals surface area (Å²) in [6, 6.07) is 20.2. The summed E-state index contributed by atoms with van der Waals surface area (Å²) in [7, 11) is 1.60. The molecule has 2 N–H and O–H groups in total. The molecule has 0 bridgehead atoms. The Morgan fingerprint density at radius 1 is 1.08 bits per heavy atom. The molecule has 39 heavy (non-hydrogen) atoms. The highest BCUT2D eigenvalue weighted by Crippen LogP contribution is 2.45. The molecule has 0 saturated carbocycles. The van der Waals surface area contributed by atoms with E-state index in [0.717, 1.165) is 32.6 Å². The first-order valence-electron chi connectivity index (χ1n) is 12.9. The average Bonchev–Trinajstić information content (AvgIpc) is 3.44. The zero-order valence-electron chi connectivity index (χ0n) is 21.3. The van der Waals surface area contributed by atoms with Crippen LogP contribution in [-0.2, 0) is 16.0 Å². The molecule has 1 aromatic heterocycles. The average molecular weight is 543 g/mol. The van der Waals surface area contributed by atoms with Gasteiger partial charge in [-0.25, -0.2) is 9.69 Å². The Labute approximate surface area is 230 Å². The Balaban J connectivity index is 1.43. The summed E-state index contributed by atoms with van der Waals surface area (Å²) in [4.78, 5) is 47.5. The fourth-order valence-electron chi connectivity index (χ4n) is 5.69. The van der Waals surface area contributed by atoms with E-state index < -0.39 is 18.1 Å². The maximum atomic E-state index is 14.2. The van der Waals surface area contributed by atoms with Gasteiger partial charge in [0.25, 0.3) is 11.8 Å². The van der Waals surface area contributed by atoms with Crippen LogP contribution in [-0.4, -0.2) is 54.0 Å². The van der Waals surface area contributed by atoms with E-state index in [9.17, 15) is 14.4 Å². The smallest absolute Gasteiger partial charge is 0.332 e. The summed E-state index contributed by atoms with van der Waals surface area (Å²) in [6.07, 6.45) is 1.01. The molecule has 0 aliphatic carbocycles. The van der Waals surface area contributed by atoms with E-state index in [1.54, 1.807) is 42.3 Å². The Kier molecular flexibility index (Phi) is 6.58. The second-order valence-electron chi connectivity index (χ2n) is 9.72. The number of halogens is 1. The van der Waals surface area contributed by atoms with Crippen LogP contribution in [0.4, 0.5) is 10.5 Å². The van der Waals surface area contributed by atoms with Crippen molar-refractivity contribution in [3.05, 3.63) is 100 Å². The lowest BCUT2D eigenvalue weighted by Gasteiger charge is -2.36. The van der Waals surface area contributed by atoms with Crippen LogP contribution in [0.2, 0.25) is 5.02 Å². The Morgan fingerprint density at radius 2 is 1.87 bits per heavy atom.